The Balaban J connectivity index is 1.51. The van der Waals surface area contributed by atoms with Crippen molar-refractivity contribution in [2.45, 2.75) is 25.4 Å². The number of hydrogen-bond acceptors (Lipinski definition) is 4. The lowest BCUT2D eigenvalue weighted by molar-refractivity contribution is 0.196. The zero-order valence-electron chi connectivity index (χ0n) is 12.4. The van der Waals surface area contributed by atoms with E-state index < -0.39 is 0 Å². The van der Waals surface area contributed by atoms with Crippen LogP contribution < -0.4 is 10.1 Å². The van der Waals surface area contributed by atoms with Crippen LogP contribution in [0, 0.1) is 0 Å². The highest BCUT2D eigenvalue weighted by molar-refractivity contribution is 5.56. The molecule has 1 saturated heterocycles. The number of piperidine rings is 1. The van der Waals surface area contributed by atoms with Crippen LogP contribution in [0.3, 0.4) is 0 Å². The van der Waals surface area contributed by atoms with Crippen LogP contribution in [0.5, 0.6) is 5.75 Å². The van der Waals surface area contributed by atoms with Gasteiger partial charge in [-0.25, -0.2) is 0 Å². The van der Waals surface area contributed by atoms with Crippen molar-refractivity contribution >= 4 is 5.69 Å². The summed E-state index contributed by atoms with van der Waals surface area (Å²) in [6, 6.07) is 12.6. The molecule has 1 aromatic heterocycles. The molecule has 1 fully saturated rings. The predicted octanol–water partition coefficient (Wildman–Crippen LogP) is 3.36. The minimum Gasteiger partial charge on any atom is -0.495 e. The van der Waals surface area contributed by atoms with E-state index in [9.17, 15) is 0 Å². The van der Waals surface area contributed by atoms with E-state index in [1.54, 1.807) is 13.4 Å². The molecule has 3 rings (SSSR count). The lowest BCUT2D eigenvalue weighted by Gasteiger charge is -2.32. The normalized spacial score (nSPS) is 16.8. The Morgan fingerprint density at radius 3 is 2.71 bits per heavy atom. The van der Waals surface area contributed by atoms with Crippen molar-refractivity contribution in [1.29, 1.82) is 0 Å². The SMILES string of the molecule is COc1ccccc1NC1CCN(Cc2ccco2)CC1. The number of para-hydroxylation sites is 2. The third-order valence-corrected chi connectivity index (χ3v) is 4.01. The second kappa shape index (κ2) is 6.68. The fourth-order valence-electron chi connectivity index (χ4n) is 2.84. The van der Waals surface area contributed by atoms with E-state index in [0.717, 1.165) is 49.7 Å². The molecule has 1 aromatic carbocycles. The van der Waals surface area contributed by atoms with Crippen molar-refractivity contribution in [1.82, 2.24) is 4.90 Å². The van der Waals surface area contributed by atoms with Gasteiger partial charge in [0.25, 0.3) is 0 Å². The molecule has 1 aliphatic heterocycles. The highest BCUT2D eigenvalue weighted by atomic mass is 16.5. The smallest absolute Gasteiger partial charge is 0.141 e. The molecular weight excluding hydrogens is 264 g/mol. The number of benzene rings is 1. The minimum absolute atomic E-state index is 0.508. The number of ether oxygens (including phenoxy) is 1. The summed E-state index contributed by atoms with van der Waals surface area (Å²) in [6.07, 6.45) is 4.02. The first kappa shape index (κ1) is 14.0. The Morgan fingerprint density at radius 1 is 1.19 bits per heavy atom. The van der Waals surface area contributed by atoms with Crippen LogP contribution in [0.2, 0.25) is 0 Å². The van der Waals surface area contributed by atoms with Crippen molar-refractivity contribution in [2.24, 2.45) is 0 Å². The number of hydrogen-bond donors (Lipinski definition) is 1. The fraction of sp³-hybridized carbons (Fsp3) is 0.412. The topological polar surface area (TPSA) is 37.6 Å². The van der Waals surface area contributed by atoms with Crippen molar-refractivity contribution in [3.05, 3.63) is 48.4 Å². The Labute approximate surface area is 125 Å². The number of nitrogens with one attached hydrogen (secondary N) is 1. The van der Waals surface area contributed by atoms with Crippen molar-refractivity contribution in [3.8, 4) is 5.75 Å². The van der Waals surface area contributed by atoms with Crippen molar-refractivity contribution in [3.63, 3.8) is 0 Å². The molecule has 1 N–H and O–H groups in total. The minimum atomic E-state index is 0.508. The van der Waals surface area contributed by atoms with E-state index in [0.29, 0.717) is 6.04 Å². The summed E-state index contributed by atoms with van der Waals surface area (Å²) < 4.78 is 10.8. The van der Waals surface area contributed by atoms with Gasteiger partial charge in [-0.15, -0.1) is 0 Å². The van der Waals surface area contributed by atoms with E-state index in [1.165, 1.54) is 0 Å². The number of methoxy groups -OCH3 is 1. The zero-order valence-corrected chi connectivity index (χ0v) is 12.4. The summed E-state index contributed by atoms with van der Waals surface area (Å²) in [5, 5.41) is 3.60. The lowest BCUT2D eigenvalue weighted by Crippen LogP contribution is -2.38. The molecule has 112 valence electrons. The monoisotopic (exact) mass is 286 g/mol. The standard InChI is InChI=1S/C17H22N2O2/c1-20-17-7-3-2-6-16(17)18-14-8-10-19(11-9-14)13-15-5-4-12-21-15/h2-7,12,14,18H,8-11,13H2,1H3. The van der Waals surface area contributed by atoms with Crippen LogP contribution >= 0.6 is 0 Å². The van der Waals surface area contributed by atoms with E-state index in [2.05, 4.69) is 16.3 Å². The van der Waals surface area contributed by atoms with Gasteiger partial charge in [0, 0.05) is 19.1 Å². The van der Waals surface area contributed by atoms with E-state index in [-0.39, 0.29) is 0 Å². The Morgan fingerprint density at radius 2 is 2.00 bits per heavy atom. The predicted molar refractivity (Wildman–Crippen MR) is 83.6 cm³/mol. The largest absolute Gasteiger partial charge is 0.495 e. The van der Waals surface area contributed by atoms with Gasteiger partial charge in [-0.1, -0.05) is 12.1 Å². The number of likely N-dealkylation sites (tertiary alicyclic amines) is 1. The van der Waals surface area contributed by atoms with Gasteiger partial charge in [-0.3, -0.25) is 4.90 Å². The van der Waals surface area contributed by atoms with Gasteiger partial charge in [0.1, 0.15) is 11.5 Å². The van der Waals surface area contributed by atoms with Crippen molar-refractivity contribution in [2.75, 3.05) is 25.5 Å². The van der Waals surface area contributed by atoms with Crippen LogP contribution in [0.25, 0.3) is 0 Å². The van der Waals surface area contributed by atoms with Crippen LogP contribution in [-0.4, -0.2) is 31.1 Å². The van der Waals surface area contributed by atoms with E-state index in [1.807, 2.05) is 30.3 Å². The molecule has 4 heteroatoms. The van der Waals surface area contributed by atoms with E-state index >= 15 is 0 Å². The van der Waals surface area contributed by atoms with Crippen LogP contribution in [-0.2, 0) is 6.54 Å². The summed E-state index contributed by atoms with van der Waals surface area (Å²) in [7, 11) is 1.71. The molecule has 0 spiro atoms. The maximum Gasteiger partial charge on any atom is 0.141 e. The molecule has 21 heavy (non-hydrogen) atoms. The molecule has 0 atom stereocenters. The molecule has 4 nitrogen and oxygen atoms in total. The molecule has 0 radical (unpaired) electrons. The second-order valence-electron chi connectivity index (χ2n) is 5.47. The highest BCUT2D eigenvalue weighted by Gasteiger charge is 2.20. The maximum absolute atomic E-state index is 5.42. The number of anilines is 1. The number of furan rings is 1. The fourth-order valence-corrected chi connectivity index (χ4v) is 2.84. The Bertz CT molecular complexity index is 546. The first-order valence-electron chi connectivity index (χ1n) is 7.49. The molecular formula is C17H22N2O2. The van der Waals surface area contributed by atoms with Gasteiger partial charge in [0.05, 0.1) is 25.6 Å². The second-order valence-corrected chi connectivity index (χ2v) is 5.47. The molecule has 0 saturated carbocycles. The van der Waals surface area contributed by atoms with Crippen molar-refractivity contribution < 1.29 is 9.15 Å². The average Bonchev–Trinajstić information content (AvgIpc) is 3.03. The molecule has 0 unspecified atom stereocenters. The molecule has 2 aromatic rings. The van der Waals surface area contributed by atoms with Gasteiger partial charge in [0.15, 0.2) is 0 Å². The highest BCUT2D eigenvalue weighted by Crippen LogP contribution is 2.26. The summed E-state index contributed by atoms with van der Waals surface area (Å²) >= 11 is 0. The molecule has 1 aliphatic rings. The van der Waals surface area contributed by atoms with Gasteiger partial charge in [0.2, 0.25) is 0 Å². The van der Waals surface area contributed by atoms with Crippen LogP contribution in [0.4, 0.5) is 5.69 Å². The maximum atomic E-state index is 5.42. The first-order valence-corrected chi connectivity index (χ1v) is 7.49. The molecule has 0 amide bonds. The summed E-state index contributed by atoms with van der Waals surface area (Å²) in [5.74, 6) is 1.96. The number of nitrogens with zero attached hydrogens (tertiary/aromatic N) is 1. The Kier molecular flexibility index (Phi) is 4.46. The first-order chi connectivity index (χ1) is 10.3. The van der Waals surface area contributed by atoms with Gasteiger partial charge < -0.3 is 14.5 Å². The third-order valence-electron chi connectivity index (χ3n) is 4.01. The Hall–Kier alpha value is -1.94. The van der Waals surface area contributed by atoms with Gasteiger partial charge in [-0.05, 0) is 37.1 Å². The zero-order chi connectivity index (χ0) is 14.5. The lowest BCUT2D eigenvalue weighted by atomic mass is 10.0. The van der Waals surface area contributed by atoms with Gasteiger partial charge in [-0.2, -0.15) is 0 Å². The quantitative estimate of drug-likeness (QED) is 0.914. The summed E-state index contributed by atoms with van der Waals surface area (Å²) in [6.45, 7) is 3.09. The third kappa shape index (κ3) is 3.58. The molecule has 0 aliphatic carbocycles. The van der Waals surface area contributed by atoms with Gasteiger partial charge >= 0.3 is 0 Å². The number of rotatable bonds is 5. The molecule has 2 heterocycles. The summed E-state index contributed by atoms with van der Waals surface area (Å²) in [4.78, 5) is 2.44. The van der Waals surface area contributed by atoms with Crippen LogP contribution in [0.1, 0.15) is 18.6 Å². The molecule has 0 bridgehead atoms. The average molecular weight is 286 g/mol. The summed E-state index contributed by atoms with van der Waals surface area (Å²) in [5.41, 5.74) is 1.09. The van der Waals surface area contributed by atoms with E-state index in [4.69, 9.17) is 9.15 Å². The van der Waals surface area contributed by atoms with Crippen LogP contribution in [0.15, 0.2) is 47.1 Å².